The van der Waals surface area contributed by atoms with Gasteiger partial charge in [0, 0.05) is 6.04 Å². The minimum Gasteiger partial charge on any atom is -0.308 e. The fourth-order valence-electron chi connectivity index (χ4n) is 2.31. The summed E-state index contributed by atoms with van der Waals surface area (Å²) in [6.07, 6.45) is 3.20. The van der Waals surface area contributed by atoms with Gasteiger partial charge < -0.3 is 5.32 Å². The van der Waals surface area contributed by atoms with E-state index in [-0.39, 0.29) is 11.9 Å². The number of nitrogens with one attached hydrogen (secondary N) is 1. The van der Waals surface area contributed by atoms with E-state index in [1.165, 1.54) is 23.4 Å². The molecule has 2 nitrogen and oxygen atoms in total. The number of rotatable bonds is 6. The average Bonchev–Trinajstić information content (AvgIpc) is 2.45. The van der Waals surface area contributed by atoms with E-state index in [1.807, 2.05) is 0 Å². The Morgan fingerprint density at radius 1 is 1.25 bits per heavy atom. The lowest BCUT2D eigenvalue weighted by Gasteiger charge is -2.16. The van der Waals surface area contributed by atoms with Crippen molar-refractivity contribution in [1.82, 2.24) is 10.3 Å². The van der Waals surface area contributed by atoms with Gasteiger partial charge in [0.15, 0.2) is 0 Å². The quantitative estimate of drug-likeness (QED) is 0.865. The van der Waals surface area contributed by atoms with Crippen molar-refractivity contribution in [3.63, 3.8) is 0 Å². The van der Waals surface area contributed by atoms with E-state index >= 15 is 0 Å². The molecule has 106 valence electrons. The fourth-order valence-corrected chi connectivity index (χ4v) is 2.31. The number of halogens is 1. The zero-order valence-electron chi connectivity index (χ0n) is 12.1. The van der Waals surface area contributed by atoms with Gasteiger partial charge in [-0.1, -0.05) is 36.8 Å². The van der Waals surface area contributed by atoms with Crippen LogP contribution in [-0.2, 0) is 6.42 Å². The van der Waals surface area contributed by atoms with Crippen LogP contribution in [0.4, 0.5) is 4.39 Å². The molecule has 1 unspecified atom stereocenters. The van der Waals surface area contributed by atoms with Crippen LogP contribution in [0.5, 0.6) is 0 Å². The molecule has 0 bridgehead atoms. The lowest BCUT2D eigenvalue weighted by atomic mass is 10.1. The summed E-state index contributed by atoms with van der Waals surface area (Å²) < 4.78 is 12.9. The molecule has 1 aromatic heterocycles. The molecule has 0 saturated carbocycles. The molecule has 1 aromatic carbocycles. The van der Waals surface area contributed by atoms with Crippen LogP contribution in [0.2, 0.25) is 0 Å². The molecule has 1 N–H and O–H groups in total. The van der Waals surface area contributed by atoms with E-state index in [2.05, 4.69) is 48.4 Å². The van der Waals surface area contributed by atoms with Gasteiger partial charge in [-0.15, -0.1) is 0 Å². The average molecular weight is 272 g/mol. The van der Waals surface area contributed by atoms with Gasteiger partial charge in [-0.3, -0.25) is 4.98 Å². The fraction of sp³-hybridized carbons (Fsp3) is 0.353. The van der Waals surface area contributed by atoms with Crippen LogP contribution in [0.3, 0.4) is 0 Å². The van der Waals surface area contributed by atoms with E-state index in [0.717, 1.165) is 25.1 Å². The first-order valence-corrected chi connectivity index (χ1v) is 7.09. The van der Waals surface area contributed by atoms with Gasteiger partial charge in [-0.25, -0.2) is 4.39 Å². The highest BCUT2D eigenvalue weighted by Gasteiger charge is 2.09. The SMILES string of the molecule is CCC(NCCc1cccc(C)c1)c1ccc(F)cn1. The molecular formula is C17H21FN2. The number of pyridine rings is 1. The minimum absolute atomic E-state index is 0.181. The molecule has 1 atom stereocenters. The number of hydrogen-bond acceptors (Lipinski definition) is 2. The maximum absolute atomic E-state index is 12.9. The van der Waals surface area contributed by atoms with Crippen molar-refractivity contribution in [2.24, 2.45) is 0 Å². The second-order valence-electron chi connectivity index (χ2n) is 5.06. The summed E-state index contributed by atoms with van der Waals surface area (Å²) in [4.78, 5) is 4.15. The van der Waals surface area contributed by atoms with Gasteiger partial charge in [-0.2, -0.15) is 0 Å². The van der Waals surface area contributed by atoms with Crippen LogP contribution in [0.15, 0.2) is 42.6 Å². The molecule has 2 aromatic rings. The van der Waals surface area contributed by atoms with Crippen molar-refractivity contribution < 1.29 is 4.39 Å². The molecular weight excluding hydrogens is 251 g/mol. The Balaban J connectivity index is 1.89. The Labute approximate surface area is 120 Å². The smallest absolute Gasteiger partial charge is 0.141 e. The summed E-state index contributed by atoms with van der Waals surface area (Å²) in [5.74, 6) is -0.289. The molecule has 1 heterocycles. The zero-order valence-corrected chi connectivity index (χ0v) is 12.1. The van der Waals surface area contributed by atoms with Crippen molar-refractivity contribution in [3.05, 3.63) is 65.2 Å². The lowest BCUT2D eigenvalue weighted by molar-refractivity contribution is 0.508. The largest absolute Gasteiger partial charge is 0.308 e. The highest BCUT2D eigenvalue weighted by molar-refractivity contribution is 5.22. The molecule has 0 fully saturated rings. The first-order chi connectivity index (χ1) is 9.69. The van der Waals surface area contributed by atoms with Gasteiger partial charge in [0.2, 0.25) is 0 Å². The highest BCUT2D eigenvalue weighted by atomic mass is 19.1. The maximum Gasteiger partial charge on any atom is 0.141 e. The molecule has 20 heavy (non-hydrogen) atoms. The second kappa shape index (κ2) is 7.15. The minimum atomic E-state index is -0.289. The number of hydrogen-bond donors (Lipinski definition) is 1. The standard InChI is InChI=1S/C17H21FN2/c1-3-16(17-8-7-15(18)12-20-17)19-10-9-14-6-4-5-13(2)11-14/h4-8,11-12,16,19H,3,9-10H2,1-2H3. The summed E-state index contributed by atoms with van der Waals surface area (Å²) in [5, 5.41) is 3.49. The van der Waals surface area contributed by atoms with E-state index in [0.29, 0.717) is 0 Å². The normalized spacial score (nSPS) is 12.3. The molecule has 0 saturated heterocycles. The van der Waals surface area contributed by atoms with Crippen LogP contribution in [-0.4, -0.2) is 11.5 Å². The van der Waals surface area contributed by atoms with Crippen LogP contribution in [0.25, 0.3) is 0 Å². The van der Waals surface area contributed by atoms with Crippen molar-refractivity contribution in [2.75, 3.05) is 6.54 Å². The lowest BCUT2D eigenvalue weighted by Crippen LogP contribution is -2.24. The molecule has 0 aliphatic heterocycles. The third kappa shape index (κ3) is 4.14. The number of nitrogens with zero attached hydrogens (tertiary/aromatic N) is 1. The Hall–Kier alpha value is -1.74. The Kier molecular flexibility index (Phi) is 5.24. The Morgan fingerprint density at radius 3 is 2.75 bits per heavy atom. The van der Waals surface area contributed by atoms with E-state index in [1.54, 1.807) is 6.07 Å². The molecule has 0 spiro atoms. The molecule has 2 rings (SSSR count). The summed E-state index contributed by atoms with van der Waals surface area (Å²) in [6.45, 7) is 5.10. The monoisotopic (exact) mass is 272 g/mol. The van der Waals surface area contributed by atoms with Crippen LogP contribution in [0.1, 0.15) is 36.2 Å². The molecule has 0 radical (unpaired) electrons. The third-order valence-electron chi connectivity index (χ3n) is 3.40. The van der Waals surface area contributed by atoms with Crippen molar-refractivity contribution in [2.45, 2.75) is 32.7 Å². The predicted octanol–water partition coefficient (Wildman–Crippen LogP) is 3.81. The number of benzene rings is 1. The molecule has 0 amide bonds. The van der Waals surface area contributed by atoms with Crippen molar-refractivity contribution in [3.8, 4) is 0 Å². The third-order valence-corrected chi connectivity index (χ3v) is 3.40. The van der Waals surface area contributed by atoms with Crippen molar-refractivity contribution >= 4 is 0 Å². The topological polar surface area (TPSA) is 24.9 Å². The Morgan fingerprint density at radius 2 is 2.10 bits per heavy atom. The predicted molar refractivity (Wildman–Crippen MR) is 80.1 cm³/mol. The maximum atomic E-state index is 12.9. The summed E-state index contributed by atoms with van der Waals surface area (Å²) in [7, 11) is 0. The van der Waals surface area contributed by atoms with Gasteiger partial charge in [-0.05, 0) is 44.0 Å². The summed E-state index contributed by atoms with van der Waals surface area (Å²) in [6, 6.07) is 11.9. The summed E-state index contributed by atoms with van der Waals surface area (Å²) in [5.41, 5.74) is 3.52. The van der Waals surface area contributed by atoms with Crippen LogP contribution < -0.4 is 5.32 Å². The van der Waals surface area contributed by atoms with E-state index in [9.17, 15) is 4.39 Å². The first-order valence-electron chi connectivity index (χ1n) is 7.09. The molecule has 0 aliphatic carbocycles. The highest BCUT2D eigenvalue weighted by Crippen LogP contribution is 2.14. The van der Waals surface area contributed by atoms with Gasteiger partial charge >= 0.3 is 0 Å². The summed E-state index contributed by atoms with van der Waals surface area (Å²) >= 11 is 0. The van der Waals surface area contributed by atoms with E-state index in [4.69, 9.17) is 0 Å². The van der Waals surface area contributed by atoms with Crippen LogP contribution in [0, 0.1) is 12.7 Å². The molecule has 3 heteroatoms. The Bertz CT molecular complexity index is 537. The van der Waals surface area contributed by atoms with Gasteiger partial charge in [0.05, 0.1) is 11.9 Å². The van der Waals surface area contributed by atoms with Crippen molar-refractivity contribution in [1.29, 1.82) is 0 Å². The molecule has 0 aliphatic rings. The second-order valence-corrected chi connectivity index (χ2v) is 5.06. The zero-order chi connectivity index (χ0) is 14.4. The van der Waals surface area contributed by atoms with Crippen LogP contribution >= 0.6 is 0 Å². The van der Waals surface area contributed by atoms with E-state index < -0.39 is 0 Å². The first kappa shape index (κ1) is 14.7. The van der Waals surface area contributed by atoms with Gasteiger partial charge in [0.25, 0.3) is 0 Å². The van der Waals surface area contributed by atoms with Gasteiger partial charge in [0.1, 0.15) is 5.82 Å². The number of aromatic nitrogens is 1. The number of aryl methyl sites for hydroxylation is 1.